The molecule has 21 heavy (non-hydrogen) atoms. The van der Waals surface area contributed by atoms with Crippen LogP contribution in [0, 0.1) is 0 Å². The molecule has 3 aromatic heterocycles. The number of halogens is 1. The van der Waals surface area contributed by atoms with Crippen LogP contribution in [-0.2, 0) is 4.79 Å². The number of pyridine rings is 1. The van der Waals surface area contributed by atoms with Crippen molar-refractivity contribution in [1.29, 1.82) is 0 Å². The van der Waals surface area contributed by atoms with Gasteiger partial charge in [-0.3, -0.25) is 4.79 Å². The van der Waals surface area contributed by atoms with E-state index in [4.69, 9.17) is 0 Å². The van der Waals surface area contributed by atoms with Crippen LogP contribution in [0.5, 0.6) is 0 Å². The molecule has 0 aliphatic rings. The summed E-state index contributed by atoms with van der Waals surface area (Å²) in [5.41, 5.74) is 0.890. The van der Waals surface area contributed by atoms with Crippen molar-refractivity contribution >= 4 is 59.4 Å². The van der Waals surface area contributed by atoms with Crippen LogP contribution in [0.25, 0.3) is 20.4 Å². The molecule has 0 saturated heterocycles. The number of anilines is 1. The fourth-order valence-corrected chi connectivity index (χ4v) is 3.36. The standard InChI is InChI=1S/C13H12BrN5OS/c1-7(20)15-2-3-16-12-11-10(18-6-19-12)9-4-8(14)5-17-13(9)21-11/h4-6H,2-3H2,1H3,(H,15,20)(H,16,18,19). The van der Waals surface area contributed by atoms with Crippen molar-refractivity contribution in [2.75, 3.05) is 18.4 Å². The van der Waals surface area contributed by atoms with Gasteiger partial charge in [0.05, 0.1) is 10.2 Å². The molecule has 0 radical (unpaired) electrons. The summed E-state index contributed by atoms with van der Waals surface area (Å²) < 4.78 is 1.90. The lowest BCUT2D eigenvalue weighted by molar-refractivity contribution is -0.118. The Labute approximate surface area is 133 Å². The van der Waals surface area contributed by atoms with E-state index in [0.29, 0.717) is 13.1 Å². The first kappa shape index (κ1) is 14.2. The van der Waals surface area contributed by atoms with Gasteiger partial charge in [0, 0.05) is 36.1 Å². The number of carbonyl (C=O) groups is 1. The summed E-state index contributed by atoms with van der Waals surface area (Å²) in [6.45, 7) is 2.66. The summed E-state index contributed by atoms with van der Waals surface area (Å²) in [7, 11) is 0. The molecule has 1 amide bonds. The van der Waals surface area contributed by atoms with Gasteiger partial charge in [-0.15, -0.1) is 11.3 Å². The molecule has 8 heteroatoms. The number of aromatic nitrogens is 3. The minimum atomic E-state index is -0.0412. The second-order valence-electron chi connectivity index (χ2n) is 4.42. The van der Waals surface area contributed by atoms with Crippen LogP contribution in [0.2, 0.25) is 0 Å². The molecule has 3 rings (SSSR count). The molecular weight excluding hydrogens is 354 g/mol. The van der Waals surface area contributed by atoms with Crippen LogP contribution < -0.4 is 10.6 Å². The first-order valence-electron chi connectivity index (χ1n) is 6.32. The number of rotatable bonds is 4. The van der Waals surface area contributed by atoms with Gasteiger partial charge in [-0.05, 0) is 22.0 Å². The summed E-state index contributed by atoms with van der Waals surface area (Å²) in [5, 5.41) is 6.97. The molecule has 0 unspecified atom stereocenters. The summed E-state index contributed by atoms with van der Waals surface area (Å²) in [5.74, 6) is 0.727. The fraction of sp³-hybridized carbons (Fsp3) is 0.231. The lowest BCUT2D eigenvalue weighted by atomic mass is 10.3. The van der Waals surface area contributed by atoms with E-state index in [9.17, 15) is 4.79 Å². The van der Waals surface area contributed by atoms with Crippen molar-refractivity contribution in [2.45, 2.75) is 6.92 Å². The van der Waals surface area contributed by atoms with E-state index in [1.54, 1.807) is 17.5 Å². The molecular formula is C13H12BrN5OS. The topological polar surface area (TPSA) is 79.8 Å². The van der Waals surface area contributed by atoms with Crippen LogP contribution in [0.3, 0.4) is 0 Å². The Bertz CT molecular complexity index is 819. The zero-order chi connectivity index (χ0) is 14.8. The zero-order valence-corrected chi connectivity index (χ0v) is 13.6. The molecule has 0 aliphatic carbocycles. The molecule has 0 fully saturated rings. The predicted molar refractivity (Wildman–Crippen MR) is 87.6 cm³/mol. The van der Waals surface area contributed by atoms with Gasteiger partial charge in [-0.2, -0.15) is 0 Å². The lowest BCUT2D eigenvalue weighted by Gasteiger charge is -2.06. The average molecular weight is 366 g/mol. The van der Waals surface area contributed by atoms with Crippen LogP contribution in [-0.4, -0.2) is 33.9 Å². The number of nitrogens with one attached hydrogen (secondary N) is 2. The number of nitrogens with zero attached hydrogens (tertiary/aromatic N) is 3. The van der Waals surface area contributed by atoms with Gasteiger partial charge in [-0.25, -0.2) is 15.0 Å². The number of carbonyl (C=O) groups excluding carboxylic acids is 1. The van der Waals surface area contributed by atoms with Crippen LogP contribution in [0.15, 0.2) is 23.1 Å². The van der Waals surface area contributed by atoms with Gasteiger partial charge in [-0.1, -0.05) is 0 Å². The van der Waals surface area contributed by atoms with Crippen LogP contribution in [0.1, 0.15) is 6.92 Å². The quantitative estimate of drug-likeness (QED) is 0.694. The van der Waals surface area contributed by atoms with Crippen molar-refractivity contribution in [3.63, 3.8) is 0 Å². The molecule has 6 nitrogen and oxygen atoms in total. The highest BCUT2D eigenvalue weighted by Crippen LogP contribution is 2.35. The van der Waals surface area contributed by atoms with Crippen molar-refractivity contribution in [3.05, 3.63) is 23.1 Å². The second-order valence-corrected chi connectivity index (χ2v) is 6.33. The maximum atomic E-state index is 10.8. The largest absolute Gasteiger partial charge is 0.367 e. The maximum absolute atomic E-state index is 10.8. The summed E-state index contributed by atoms with van der Waals surface area (Å²) in [6.07, 6.45) is 3.31. The Kier molecular flexibility index (Phi) is 3.98. The number of amides is 1. The lowest BCUT2D eigenvalue weighted by Crippen LogP contribution is -2.26. The smallest absolute Gasteiger partial charge is 0.216 e. The molecule has 0 bridgehead atoms. The Morgan fingerprint density at radius 2 is 2.19 bits per heavy atom. The third kappa shape index (κ3) is 2.96. The van der Waals surface area contributed by atoms with Gasteiger partial charge >= 0.3 is 0 Å². The normalized spacial score (nSPS) is 11.0. The van der Waals surface area contributed by atoms with E-state index < -0.39 is 0 Å². The Balaban J connectivity index is 1.92. The van der Waals surface area contributed by atoms with Crippen LogP contribution >= 0.6 is 27.3 Å². The zero-order valence-electron chi connectivity index (χ0n) is 11.2. The second kappa shape index (κ2) is 5.90. The summed E-state index contributed by atoms with van der Waals surface area (Å²) in [6, 6.07) is 2.01. The van der Waals surface area contributed by atoms with Crippen molar-refractivity contribution < 1.29 is 4.79 Å². The Morgan fingerprint density at radius 3 is 3.00 bits per heavy atom. The highest BCUT2D eigenvalue weighted by atomic mass is 79.9. The van der Waals surface area contributed by atoms with E-state index in [1.807, 2.05) is 6.07 Å². The van der Waals surface area contributed by atoms with Gasteiger partial charge in [0.25, 0.3) is 0 Å². The monoisotopic (exact) mass is 365 g/mol. The van der Waals surface area contributed by atoms with Gasteiger partial charge in [0.1, 0.15) is 17.0 Å². The van der Waals surface area contributed by atoms with Gasteiger partial charge in [0.15, 0.2) is 0 Å². The Morgan fingerprint density at radius 1 is 1.33 bits per heavy atom. The van der Waals surface area contributed by atoms with Crippen molar-refractivity contribution in [3.8, 4) is 0 Å². The Hall–Kier alpha value is -1.80. The number of hydrogen-bond acceptors (Lipinski definition) is 6. The summed E-state index contributed by atoms with van der Waals surface area (Å²) >= 11 is 4.98. The molecule has 3 aromatic rings. The number of fused-ring (bicyclic) bond motifs is 3. The van der Waals surface area contributed by atoms with E-state index in [2.05, 4.69) is 41.5 Å². The fourth-order valence-electron chi connectivity index (χ4n) is 1.98. The van der Waals surface area contributed by atoms with E-state index in [-0.39, 0.29) is 5.91 Å². The maximum Gasteiger partial charge on any atom is 0.216 e. The first-order valence-corrected chi connectivity index (χ1v) is 7.93. The molecule has 0 aromatic carbocycles. The third-order valence-electron chi connectivity index (χ3n) is 2.87. The third-order valence-corrected chi connectivity index (χ3v) is 4.41. The summed E-state index contributed by atoms with van der Waals surface area (Å²) in [4.78, 5) is 24.8. The molecule has 0 aliphatic heterocycles. The molecule has 0 saturated carbocycles. The van der Waals surface area contributed by atoms with Crippen LogP contribution in [0.4, 0.5) is 5.82 Å². The predicted octanol–water partition coefficient (Wildman–Crippen LogP) is 2.55. The van der Waals surface area contributed by atoms with Gasteiger partial charge < -0.3 is 10.6 Å². The molecule has 108 valence electrons. The van der Waals surface area contributed by atoms with Gasteiger partial charge in [0.2, 0.25) is 5.91 Å². The highest BCUT2D eigenvalue weighted by molar-refractivity contribution is 9.10. The SMILES string of the molecule is CC(=O)NCCNc1ncnc2c1sc1ncc(Br)cc12. The number of hydrogen-bond donors (Lipinski definition) is 2. The molecule has 0 atom stereocenters. The number of thiophene rings is 1. The minimum Gasteiger partial charge on any atom is -0.367 e. The van der Waals surface area contributed by atoms with E-state index in [1.165, 1.54) is 13.3 Å². The molecule has 2 N–H and O–H groups in total. The average Bonchev–Trinajstić information content (AvgIpc) is 2.82. The molecule has 0 spiro atoms. The van der Waals surface area contributed by atoms with E-state index >= 15 is 0 Å². The highest BCUT2D eigenvalue weighted by Gasteiger charge is 2.12. The minimum absolute atomic E-state index is 0.0412. The first-order chi connectivity index (χ1) is 10.1. The van der Waals surface area contributed by atoms with Crippen molar-refractivity contribution in [2.24, 2.45) is 0 Å². The van der Waals surface area contributed by atoms with E-state index in [0.717, 1.165) is 30.7 Å². The van der Waals surface area contributed by atoms with Crippen molar-refractivity contribution in [1.82, 2.24) is 20.3 Å². The molecule has 3 heterocycles.